The van der Waals surface area contributed by atoms with Gasteiger partial charge in [-0.25, -0.2) is 18.5 Å². The van der Waals surface area contributed by atoms with E-state index in [1.165, 1.54) is 12.4 Å². The second-order valence-electron chi connectivity index (χ2n) is 5.49. The number of fused-ring (bicyclic) bond motifs is 1. The van der Waals surface area contributed by atoms with Crippen LogP contribution in [0.15, 0.2) is 61.2 Å². The van der Waals surface area contributed by atoms with Gasteiger partial charge in [-0.15, -0.1) is 0 Å². The van der Waals surface area contributed by atoms with E-state index in [1.807, 2.05) is 48.3 Å². The van der Waals surface area contributed by atoms with Crippen LogP contribution < -0.4 is 4.57 Å². The van der Waals surface area contributed by atoms with Crippen molar-refractivity contribution in [3.8, 4) is 22.4 Å². The van der Waals surface area contributed by atoms with E-state index in [2.05, 4.69) is 10.1 Å². The second kappa shape index (κ2) is 5.69. The lowest BCUT2D eigenvalue weighted by Gasteiger charge is -2.08. The fourth-order valence-corrected chi connectivity index (χ4v) is 3.01. The molecule has 0 aliphatic rings. The summed E-state index contributed by atoms with van der Waals surface area (Å²) in [7, 11) is 1.95. The normalized spacial score (nSPS) is 11.1. The first-order valence-electron chi connectivity index (χ1n) is 7.37. The highest BCUT2D eigenvalue weighted by Crippen LogP contribution is 2.31. The SMILES string of the molecule is C[n+]1cccc(-c2ccn3ncnc3c2)c1-c1ccc(F)c(Cl)c1. The number of hydrogen-bond donors (Lipinski definition) is 0. The van der Waals surface area contributed by atoms with Gasteiger partial charge in [-0.1, -0.05) is 11.6 Å². The van der Waals surface area contributed by atoms with Crippen LogP contribution in [0.1, 0.15) is 0 Å². The van der Waals surface area contributed by atoms with E-state index in [4.69, 9.17) is 11.6 Å². The van der Waals surface area contributed by atoms with Crippen molar-refractivity contribution < 1.29 is 8.96 Å². The first-order chi connectivity index (χ1) is 11.6. The number of rotatable bonds is 2. The van der Waals surface area contributed by atoms with E-state index in [-0.39, 0.29) is 5.02 Å². The number of halogens is 2. The van der Waals surface area contributed by atoms with Crippen molar-refractivity contribution in [1.82, 2.24) is 14.6 Å². The molecule has 3 heterocycles. The molecule has 0 saturated carbocycles. The molecule has 0 atom stereocenters. The third-order valence-electron chi connectivity index (χ3n) is 3.97. The third kappa shape index (κ3) is 2.43. The summed E-state index contributed by atoms with van der Waals surface area (Å²) in [6.07, 6.45) is 5.34. The van der Waals surface area contributed by atoms with E-state index < -0.39 is 5.82 Å². The second-order valence-corrected chi connectivity index (χ2v) is 5.90. The first-order valence-corrected chi connectivity index (χ1v) is 7.75. The van der Waals surface area contributed by atoms with Crippen LogP contribution in [0, 0.1) is 5.82 Å². The van der Waals surface area contributed by atoms with Crippen molar-refractivity contribution in [3.63, 3.8) is 0 Å². The summed E-state index contributed by atoms with van der Waals surface area (Å²) in [6.45, 7) is 0. The lowest BCUT2D eigenvalue weighted by molar-refractivity contribution is -0.660. The summed E-state index contributed by atoms with van der Waals surface area (Å²) in [5, 5.41) is 4.22. The lowest BCUT2D eigenvalue weighted by atomic mass is 9.99. The van der Waals surface area contributed by atoms with Gasteiger partial charge in [0.2, 0.25) is 5.69 Å². The van der Waals surface area contributed by atoms with Crippen molar-refractivity contribution in [2.45, 2.75) is 0 Å². The van der Waals surface area contributed by atoms with Crippen molar-refractivity contribution >= 4 is 17.2 Å². The first kappa shape index (κ1) is 14.8. The fraction of sp³-hybridized carbons (Fsp3) is 0.0556. The Balaban J connectivity index is 1.95. The maximum atomic E-state index is 13.5. The average Bonchev–Trinajstić information content (AvgIpc) is 3.05. The molecule has 0 unspecified atom stereocenters. The zero-order chi connectivity index (χ0) is 16.7. The maximum Gasteiger partial charge on any atom is 0.220 e. The molecule has 1 aromatic carbocycles. The molecular formula is C18H13ClFN4+. The van der Waals surface area contributed by atoms with Crippen LogP contribution in [0.3, 0.4) is 0 Å². The van der Waals surface area contributed by atoms with Crippen LogP contribution in [0.25, 0.3) is 28.0 Å². The predicted molar refractivity (Wildman–Crippen MR) is 90.0 cm³/mol. The zero-order valence-electron chi connectivity index (χ0n) is 12.8. The molecular weight excluding hydrogens is 327 g/mol. The van der Waals surface area contributed by atoms with Crippen LogP contribution in [0.4, 0.5) is 4.39 Å². The van der Waals surface area contributed by atoms with Gasteiger partial charge in [-0.2, -0.15) is 5.10 Å². The molecule has 4 aromatic rings. The average molecular weight is 340 g/mol. The number of nitrogens with zero attached hydrogens (tertiary/aromatic N) is 4. The Morgan fingerprint density at radius 2 is 2.00 bits per heavy atom. The summed E-state index contributed by atoms with van der Waals surface area (Å²) in [4.78, 5) is 4.23. The number of pyridine rings is 2. The van der Waals surface area contributed by atoms with Gasteiger partial charge in [0.15, 0.2) is 11.8 Å². The van der Waals surface area contributed by atoms with Crippen LogP contribution in [0.5, 0.6) is 0 Å². The van der Waals surface area contributed by atoms with Crippen molar-refractivity contribution in [2.24, 2.45) is 7.05 Å². The van der Waals surface area contributed by atoms with Crippen molar-refractivity contribution in [1.29, 1.82) is 0 Å². The van der Waals surface area contributed by atoms with Gasteiger partial charge in [0, 0.05) is 17.8 Å². The van der Waals surface area contributed by atoms with Crippen LogP contribution in [-0.4, -0.2) is 14.6 Å². The Morgan fingerprint density at radius 3 is 2.83 bits per heavy atom. The molecule has 0 spiro atoms. The highest BCUT2D eigenvalue weighted by atomic mass is 35.5. The largest absolute Gasteiger partial charge is 0.221 e. The van der Waals surface area contributed by atoms with Crippen molar-refractivity contribution in [3.05, 3.63) is 72.0 Å². The lowest BCUT2D eigenvalue weighted by Crippen LogP contribution is -2.30. The molecule has 4 rings (SSSR count). The molecule has 3 aromatic heterocycles. The molecule has 0 bridgehead atoms. The molecule has 0 fully saturated rings. The molecule has 118 valence electrons. The highest BCUT2D eigenvalue weighted by Gasteiger charge is 2.19. The summed E-state index contributed by atoms with van der Waals surface area (Å²) >= 11 is 5.97. The van der Waals surface area contributed by atoms with Gasteiger partial charge in [0.05, 0.1) is 10.6 Å². The quantitative estimate of drug-likeness (QED) is 0.522. The van der Waals surface area contributed by atoms with Gasteiger partial charge in [0.1, 0.15) is 19.2 Å². The summed E-state index contributed by atoms with van der Waals surface area (Å²) in [5.41, 5.74) is 4.57. The van der Waals surface area contributed by atoms with Gasteiger partial charge in [-0.05, 0) is 42.0 Å². The van der Waals surface area contributed by atoms with Crippen LogP contribution in [-0.2, 0) is 7.05 Å². The molecule has 0 N–H and O–H groups in total. The molecule has 6 heteroatoms. The van der Waals surface area contributed by atoms with E-state index in [9.17, 15) is 4.39 Å². The van der Waals surface area contributed by atoms with E-state index >= 15 is 0 Å². The molecule has 24 heavy (non-hydrogen) atoms. The molecule has 0 saturated heterocycles. The van der Waals surface area contributed by atoms with Crippen molar-refractivity contribution in [2.75, 3.05) is 0 Å². The fourth-order valence-electron chi connectivity index (χ4n) is 2.83. The highest BCUT2D eigenvalue weighted by molar-refractivity contribution is 6.31. The number of aryl methyl sites for hydroxylation is 1. The Labute approximate surface area is 142 Å². The maximum absolute atomic E-state index is 13.5. The van der Waals surface area contributed by atoms with Gasteiger partial charge in [-0.3, -0.25) is 0 Å². The van der Waals surface area contributed by atoms with Gasteiger partial charge >= 0.3 is 0 Å². The Bertz CT molecular complexity index is 1060. The predicted octanol–water partition coefficient (Wildman–Crippen LogP) is 3.68. The van der Waals surface area contributed by atoms with E-state index in [1.54, 1.807) is 16.6 Å². The molecule has 0 aliphatic heterocycles. The summed E-state index contributed by atoms with van der Waals surface area (Å²) in [5.74, 6) is -0.426. The van der Waals surface area contributed by atoms with Gasteiger partial charge in [0.25, 0.3) is 0 Å². The standard InChI is InChI=1S/C18H13ClFN4/c1-23-7-2-3-14(12-6-8-24-17(10-12)21-11-22-24)18(23)13-4-5-16(20)15(19)9-13/h2-11H,1H3/q+1. The van der Waals surface area contributed by atoms with Crippen LogP contribution >= 0.6 is 11.6 Å². The summed E-state index contributed by atoms with van der Waals surface area (Å²) < 4.78 is 17.2. The molecule has 4 nitrogen and oxygen atoms in total. The number of benzene rings is 1. The number of aromatic nitrogens is 4. The molecule has 0 aliphatic carbocycles. The summed E-state index contributed by atoms with van der Waals surface area (Å²) in [6, 6.07) is 12.7. The van der Waals surface area contributed by atoms with Gasteiger partial charge < -0.3 is 0 Å². The zero-order valence-corrected chi connectivity index (χ0v) is 13.6. The third-order valence-corrected chi connectivity index (χ3v) is 4.25. The van der Waals surface area contributed by atoms with E-state index in [0.717, 1.165) is 28.0 Å². The topological polar surface area (TPSA) is 34.1 Å². The van der Waals surface area contributed by atoms with E-state index in [0.29, 0.717) is 0 Å². The molecule has 0 amide bonds. The number of hydrogen-bond acceptors (Lipinski definition) is 2. The van der Waals surface area contributed by atoms with Crippen LogP contribution in [0.2, 0.25) is 5.02 Å². The smallest absolute Gasteiger partial charge is 0.220 e. The molecule has 0 radical (unpaired) electrons. The Morgan fingerprint density at radius 1 is 1.12 bits per heavy atom. The minimum Gasteiger partial charge on any atom is -0.221 e. The minimum atomic E-state index is -0.426. The minimum absolute atomic E-state index is 0.107. The monoisotopic (exact) mass is 339 g/mol. The Kier molecular flexibility index (Phi) is 3.50. The Hall–Kier alpha value is -2.79.